The number of rotatable bonds is 5. The van der Waals surface area contributed by atoms with Crippen molar-refractivity contribution in [3.05, 3.63) is 59.2 Å². The summed E-state index contributed by atoms with van der Waals surface area (Å²) in [6.07, 6.45) is -0.885. The van der Waals surface area contributed by atoms with E-state index in [1.807, 2.05) is 0 Å². The van der Waals surface area contributed by atoms with Crippen LogP contribution in [0.1, 0.15) is 32.4 Å². The molecule has 7 nitrogen and oxygen atoms in total. The Bertz CT molecular complexity index is 802. The molecule has 1 heterocycles. The van der Waals surface area contributed by atoms with Crippen LogP contribution in [-0.2, 0) is 4.74 Å². The Balaban J connectivity index is 1.59. The molecule has 0 bridgehead atoms. The van der Waals surface area contributed by atoms with Gasteiger partial charge >= 0.3 is 5.97 Å². The van der Waals surface area contributed by atoms with E-state index in [-0.39, 0.29) is 12.5 Å². The number of methoxy groups -OCH3 is 1. The van der Waals surface area contributed by atoms with E-state index < -0.39 is 12.1 Å². The molecule has 3 rings (SSSR count). The number of hydrogen-bond donors (Lipinski definition) is 2. The van der Waals surface area contributed by atoms with Gasteiger partial charge in [0.15, 0.2) is 11.5 Å². The third-order valence-corrected chi connectivity index (χ3v) is 3.98. The lowest BCUT2D eigenvalue weighted by Crippen LogP contribution is -2.28. The van der Waals surface area contributed by atoms with Crippen molar-refractivity contribution in [1.82, 2.24) is 5.32 Å². The molecule has 1 aliphatic rings. The molecular weight excluding hydrogens is 338 g/mol. The fraction of sp³-hybridized carbons (Fsp3) is 0.263. The second-order valence-corrected chi connectivity index (χ2v) is 5.70. The fourth-order valence-electron chi connectivity index (χ4n) is 2.55. The van der Waals surface area contributed by atoms with Gasteiger partial charge in [-0.25, -0.2) is 4.79 Å². The topological polar surface area (TPSA) is 94.1 Å². The third kappa shape index (κ3) is 3.94. The van der Waals surface area contributed by atoms with E-state index in [1.165, 1.54) is 31.4 Å². The van der Waals surface area contributed by atoms with Crippen molar-refractivity contribution in [2.24, 2.45) is 0 Å². The minimum Gasteiger partial charge on any atom is -0.486 e. The van der Waals surface area contributed by atoms with Gasteiger partial charge in [0, 0.05) is 12.1 Å². The zero-order valence-electron chi connectivity index (χ0n) is 14.2. The van der Waals surface area contributed by atoms with Crippen LogP contribution in [0.25, 0.3) is 0 Å². The Kier molecular flexibility index (Phi) is 5.38. The molecule has 2 aromatic rings. The van der Waals surface area contributed by atoms with E-state index in [9.17, 15) is 14.7 Å². The van der Waals surface area contributed by atoms with E-state index in [0.717, 1.165) is 0 Å². The Morgan fingerprint density at radius 2 is 1.73 bits per heavy atom. The number of fused-ring (bicyclic) bond motifs is 1. The van der Waals surface area contributed by atoms with Gasteiger partial charge in [0.2, 0.25) is 0 Å². The van der Waals surface area contributed by atoms with Gasteiger partial charge < -0.3 is 24.6 Å². The summed E-state index contributed by atoms with van der Waals surface area (Å²) in [5.74, 6) is 0.406. The lowest BCUT2D eigenvalue weighted by Gasteiger charge is -2.20. The summed E-state index contributed by atoms with van der Waals surface area (Å²) in [6.45, 7) is 1.00. The van der Waals surface area contributed by atoms with Gasteiger partial charge in [-0.3, -0.25) is 4.79 Å². The van der Waals surface area contributed by atoms with Gasteiger partial charge in [0.05, 0.1) is 18.8 Å². The first-order valence-electron chi connectivity index (χ1n) is 8.12. The van der Waals surface area contributed by atoms with E-state index in [2.05, 4.69) is 10.1 Å². The molecule has 0 fully saturated rings. The smallest absolute Gasteiger partial charge is 0.337 e. The number of esters is 1. The number of carbonyl (C=O) groups is 2. The molecule has 26 heavy (non-hydrogen) atoms. The zero-order valence-corrected chi connectivity index (χ0v) is 14.2. The van der Waals surface area contributed by atoms with Gasteiger partial charge in [-0.05, 0) is 42.0 Å². The molecular formula is C19H19NO6. The number of hydrogen-bond acceptors (Lipinski definition) is 6. The molecule has 1 atom stereocenters. The normalized spacial score (nSPS) is 13.6. The van der Waals surface area contributed by atoms with E-state index in [1.54, 1.807) is 18.2 Å². The Labute approximate surface area is 150 Å². The standard InChI is InChI=1S/C19H19NO6/c1-24-19(23)13-4-2-12(3-5-13)18(22)20-11-15(21)14-6-7-16-17(10-14)26-9-8-25-16/h2-7,10,15,21H,8-9,11H2,1H3,(H,20,22). The minimum absolute atomic E-state index is 0.0389. The van der Waals surface area contributed by atoms with Gasteiger partial charge in [-0.2, -0.15) is 0 Å². The number of benzene rings is 2. The number of ether oxygens (including phenoxy) is 3. The van der Waals surface area contributed by atoms with Crippen LogP contribution in [0.2, 0.25) is 0 Å². The molecule has 2 aromatic carbocycles. The van der Waals surface area contributed by atoms with Crippen LogP contribution in [0, 0.1) is 0 Å². The lowest BCUT2D eigenvalue weighted by atomic mass is 10.1. The summed E-state index contributed by atoms with van der Waals surface area (Å²) >= 11 is 0. The number of aliphatic hydroxyl groups excluding tert-OH is 1. The van der Waals surface area contributed by atoms with Crippen LogP contribution in [0.15, 0.2) is 42.5 Å². The SMILES string of the molecule is COC(=O)c1ccc(C(=O)NCC(O)c2ccc3c(c2)OCCO3)cc1. The summed E-state index contributed by atoms with van der Waals surface area (Å²) in [6, 6.07) is 11.2. The molecule has 136 valence electrons. The first kappa shape index (κ1) is 17.8. The highest BCUT2D eigenvalue weighted by atomic mass is 16.6. The highest BCUT2D eigenvalue weighted by Gasteiger charge is 2.16. The first-order valence-corrected chi connectivity index (χ1v) is 8.12. The maximum absolute atomic E-state index is 12.2. The quantitative estimate of drug-likeness (QED) is 0.791. The van der Waals surface area contributed by atoms with Crippen molar-refractivity contribution >= 4 is 11.9 Å². The number of nitrogens with one attached hydrogen (secondary N) is 1. The first-order chi connectivity index (χ1) is 12.6. The van der Waals surface area contributed by atoms with Gasteiger partial charge in [0.1, 0.15) is 13.2 Å². The predicted octanol–water partition coefficient (Wildman–Crippen LogP) is 1.71. The number of carbonyl (C=O) groups excluding carboxylic acids is 2. The molecule has 0 radical (unpaired) electrons. The van der Waals surface area contributed by atoms with Crippen LogP contribution in [0.4, 0.5) is 0 Å². The van der Waals surface area contributed by atoms with E-state index in [0.29, 0.717) is 41.4 Å². The second kappa shape index (κ2) is 7.88. The largest absolute Gasteiger partial charge is 0.486 e. The van der Waals surface area contributed by atoms with Crippen molar-refractivity contribution in [2.45, 2.75) is 6.10 Å². The van der Waals surface area contributed by atoms with Gasteiger partial charge in [-0.1, -0.05) is 6.07 Å². The molecule has 0 spiro atoms. The Morgan fingerprint density at radius 1 is 1.08 bits per heavy atom. The summed E-state index contributed by atoms with van der Waals surface area (Å²) in [5, 5.41) is 13.0. The average Bonchev–Trinajstić information content (AvgIpc) is 2.70. The Morgan fingerprint density at radius 3 is 2.42 bits per heavy atom. The van der Waals surface area contributed by atoms with E-state index in [4.69, 9.17) is 9.47 Å². The molecule has 0 aliphatic carbocycles. The zero-order chi connectivity index (χ0) is 18.5. The summed E-state index contributed by atoms with van der Waals surface area (Å²) in [5.41, 5.74) is 1.36. The van der Waals surface area contributed by atoms with Crippen molar-refractivity contribution < 1.29 is 28.9 Å². The number of amides is 1. The molecule has 2 N–H and O–H groups in total. The summed E-state index contributed by atoms with van der Waals surface area (Å²) in [7, 11) is 1.29. The fourth-order valence-corrected chi connectivity index (χ4v) is 2.55. The van der Waals surface area contributed by atoms with Crippen LogP contribution in [-0.4, -0.2) is 43.9 Å². The van der Waals surface area contributed by atoms with Gasteiger partial charge in [0.25, 0.3) is 5.91 Å². The molecule has 0 aromatic heterocycles. The maximum Gasteiger partial charge on any atom is 0.337 e. The van der Waals surface area contributed by atoms with Crippen LogP contribution in [0.5, 0.6) is 11.5 Å². The maximum atomic E-state index is 12.2. The summed E-state index contributed by atoms with van der Waals surface area (Å²) in [4.78, 5) is 23.6. The Hall–Kier alpha value is -3.06. The average molecular weight is 357 g/mol. The van der Waals surface area contributed by atoms with Crippen molar-refractivity contribution in [3.63, 3.8) is 0 Å². The molecule has 0 saturated carbocycles. The van der Waals surface area contributed by atoms with Crippen LogP contribution in [0.3, 0.4) is 0 Å². The predicted molar refractivity (Wildman–Crippen MR) is 92.5 cm³/mol. The third-order valence-electron chi connectivity index (χ3n) is 3.98. The highest BCUT2D eigenvalue weighted by Crippen LogP contribution is 2.32. The van der Waals surface area contributed by atoms with Crippen molar-refractivity contribution in [2.75, 3.05) is 26.9 Å². The summed E-state index contributed by atoms with van der Waals surface area (Å²) < 4.78 is 15.5. The van der Waals surface area contributed by atoms with Crippen molar-refractivity contribution in [3.8, 4) is 11.5 Å². The monoisotopic (exact) mass is 357 g/mol. The highest BCUT2D eigenvalue weighted by molar-refractivity contribution is 5.96. The van der Waals surface area contributed by atoms with E-state index >= 15 is 0 Å². The van der Waals surface area contributed by atoms with Gasteiger partial charge in [-0.15, -0.1) is 0 Å². The molecule has 1 aliphatic heterocycles. The molecule has 1 unspecified atom stereocenters. The minimum atomic E-state index is -0.885. The van der Waals surface area contributed by atoms with Crippen LogP contribution < -0.4 is 14.8 Å². The lowest BCUT2D eigenvalue weighted by molar-refractivity contribution is 0.0600. The van der Waals surface area contributed by atoms with Crippen LogP contribution >= 0.6 is 0 Å². The molecule has 1 amide bonds. The van der Waals surface area contributed by atoms with Crippen molar-refractivity contribution in [1.29, 1.82) is 0 Å². The molecule has 0 saturated heterocycles. The molecule has 7 heteroatoms. The second-order valence-electron chi connectivity index (χ2n) is 5.70. The number of aliphatic hydroxyl groups is 1.